The number of aromatic nitrogens is 3. The van der Waals surface area contributed by atoms with Gasteiger partial charge in [0.15, 0.2) is 6.10 Å². The highest BCUT2D eigenvalue weighted by Gasteiger charge is 2.43. The van der Waals surface area contributed by atoms with E-state index in [1.54, 1.807) is 18.2 Å². The summed E-state index contributed by atoms with van der Waals surface area (Å²) >= 11 is 0. The highest BCUT2D eigenvalue weighted by Crippen LogP contribution is 2.43. The second-order valence-electron chi connectivity index (χ2n) is 7.48. The van der Waals surface area contributed by atoms with E-state index in [0.29, 0.717) is 5.56 Å². The SMILES string of the molecule is O=C(O)CCNC(=O)[C@H](O)c1ccc(-c2noc(-c3onc(-c4ccccc4)c3C(F)(F)F)n2)cc1. The predicted octanol–water partition coefficient (Wildman–Crippen LogP) is 3.70. The van der Waals surface area contributed by atoms with Crippen molar-refractivity contribution >= 4 is 11.9 Å². The summed E-state index contributed by atoms with van der Waals surface area (Å²) in [4.78, 5) is 26.5. The van der Waals surface area contributed by atoms with Crippen LogP contribution >= 0.6 is 0 Å². The predicted molar refractivity (Wildman–Crippen MR) is 116 cm³/mol. The molecule has 0 spiro atoms. The fourth-order valence-electron chi connectivity index (χ4n) is 3.28. The number of nitrogens with zero attached hydrogens (tertiary/aromatic N) is 3. The van der Waals surface area contributed by atoms with E-state index in [1.807, 2.05) is 0 Å². The zero-order valence-electron chi connectivity index (χ0n) is 18.2. The van der Waals surface area contributed by atoms with Gasteiger partial charge in [0.05, 0.1) is 6.42 Å². The van der Waals surface area contributed by atoms with Gasteiger partial charge in [0.25, 0.3) is 11.8 Å². The molecule has 2 heterocycles. The van der Waals surface area contributed by atoms with Crippen molar-refractivity contribution in [1.82, 2.24) is 20.6 Å². The van der Waals surface area contributed by atoms with Crippen LogP contribution in [0.4, 0.5) is 13.2 Å². The lowest BCUT2D eigenvalue weighted by Crippen LogP contribution is -2.31. The summed E-state index contributed by atoms with van der Waals surface area (Å²) in [5.41, 5.74) is -0.865. The Hall–Kier alpha value is -4.52. The Labute approximate surface area is 200 Å². The summed E-state index contributed by atoms with van der Waals surface area (Å²) < 4.78 is 51.6. The van der Waals surface area contributed by atoms with E-state index >= 15 is 0 Å². The normalized spacial score (nSPS) is 12.3. The molecule has 3 N–H and O–H groups in total. The number of aliphatic carboxylic acids is 1. The summed E-state index contributed by atoms with van der Waals surface area (Å²) in [6.45, 7) is -0.150. The molecule has 4 rings (SSSR count). The molecular formula is C23H17F3N4O6. The van der Waals surface area contributed by atoms with Crippen LogP contribution < -0.4 is 5.32 Å². The second-order valence-corrected chi connectivity index (χ2v) is 7.48. The summed E-state index contributed by atoms with van der Waals surface area (Å²) in [7, 11) is 0. The first-order valence-corrected chi connectivity index (χ1v) is 10.4. The van der Waals surface area contributed by atoms with Gasteiger partial charge in [-0.15, -0.1) is 0 Å². The molecule has 0 saturated carbocycles. The highest BCUT2D eigenvalue weighted by atomic mass is 19.4. The first-order chi connectivity index (χ1) is 17.1. The lowest BCUT2D eigenvalue weighted by atomic mass is 10.1. The molecule has 186 valence electrons. The number of hydrogen-bond donors (Lipinski definition) is 3. The van der Waals surface area contributed by atoms with Crippen molar-refractivity contribution in [2.75, 3.05) is 6.54 Å². The Morgan fingerprint density at radius 1 is 0.972 bits per heavy atom. The van der Waals surface area contributed by atoms with Gasteiger partial charge in [-0.1, -0.05) is 64.9 Å². The van der Waals surface area contributed by atoms with Crippen molar-refractivity contribution < 1.29 is 42.0 Å². The van der Waals surface area contributed by atoms with E-state index in [-0.39, 0.29) is 29.9 Å². The molecule has 0 aliphatic carbocycles. The number of benzene rings is 2. The zero-order chi connectivity index (χ0) is 25.9. The molecule has 0 aliphatic heterocycles. The van der Waals surface area contributed by atoms with Gasteiger partial charge < -0.3 is 24.6 Å². The lowest BCUT2D eigenvalue weighted by Gasteiger charge is -2.11. The van der Waals surface area contributed by atoms with Crippen molar-refractivity contribution in [3.8, 4) is 34.3 Å². The van der Waals surface area contributed by atoms with Gasteiger partial charge in [-0.2, -0.15) is 18.2 Å². The number of aliphatic hydroxyl groups is 1. The minimum absolute atomic E-state index is 0.0669. The molecule has 0 radical (unpaired) electrons. The van der Waals surface area contributed by atoms with E-state index in [1.165, 1.54) is 36.4 Å². The van der Waals surface area contributed by atoms with E-state index in [9.17, 15) is 27.9 Å². The Bertz CT molecular complexity index is 1370. The van der Waals surface area contributed by atoms with Gasteiger partial charge >= 0.3 is 12.1 Å². The summed E-state index contributed by atoms with van der Waals surface area (Å²) in [6, 6.07) is 13.3. The standard InChI is InChI=1S/C23H17F3N4O6/c24-23(25,26)16-17(12-4-2-1-3-5-12)29-35-19(16)22-28-20(30-36-22)14-8-6-13(7-9-14)18(33)21(34)27-11-10-15(31)32/h1-9,18,33H,10-11H2,(H,27,34)(H,31,32)/t18-/m1/s1. The molecule has 0 saturated heterocycles. The average molecular weight is 502 g/mol. The van der Waals surface area contributed by atoms with Crippen LogP contribution in [-0.4, -0.2) is 43.9 Å². The number of carbonyl (C=O) groups is 2. The van der Waals surface area contributed by atoms with Crippen molar-refractivity contribution in [1.29, 1.82) is 0 Å². The van der Waals surface area contributed by atoms with Crippen LogP contribution in [0.3, 0.4) is 0 Å². The minimum Gasteiger partial charge on any atom is -0.481 e. The van der Waals surface area contributed by atoms with Crippen molar-refractivity contribution in [2.24, 2.45) is 0 Å². The Kier molecular flexibility index (Phi) is 6.83. The van der Waals surface area contributed by atoms with Gasteiger partial charge in [-0.3, -0.25) is 9.59 Å². The summed E-state index contributed by atoms with van der Waals surface area (Å²) in [5, 5.41) is 28.3. The number of carboxylic acids is 1. The largest absolute Gasteiger partial charge is 0.481 e. The molecule has 0 fully saturated rings. The number of carboxylic acid groups (broad SMARTS) is 1. The first kappa shape index (κ1) is 24.6. The van der Waals surface area contributed by atoms with Crippen LogP contribution in [0, 0.1) is 0 Å². The monoisotopic (exact) mass is 502 g/mol. The van der Waals surface area contributed by atoms with Gasteiger partial charge in [-0.05, 0) is 5.56 Å². The van der Waals surface area contributed by atoms with E-state index in [2.05, 4.69) is 20.6 Å². The Balaban J connectivity index is 1.56. The molecule has 13 heteroatoms. The number of aliphatic hydroxyl groups excluding tert-OH is 1. The number of rotatable bonds is 8. The van der Waals surface area contributed by atoms with Gasteiger partial charge in [-0.25, -0.2) is 0 Å². The Morgan fingerprint density at radius 3 is 2.31 bits per heavy atom. The van der Waals surface area contributed by atoms with E-state index < -0.39 is 47.1 Å². The lowest BCUT2D eigenvalue weighted by molar-refractivity contribution is -0.138. The third kappa shape index (κ3) is 5.25. The van der Waals surface area contributed by atoms with Gasteiger partial charge in [0.1, 0.15) is 11.3 Å². The van der Waals surface area contributed by atoms with Crippen LogP contribution in [0.15, 0.2) is 63.6 Å². The molecule has 0 aliphatic rings. The maximum Gasteiger partial charge on any atom is 0.422 e. The van der Waals surface area contributed by atoms with Crippen LogP contribution in [-0.2, 0) is 15.8 Å². The third-order valence-electron chi connectivity index (χ3n) is 5.01. The minimum atomic E-state index is -4.82. The highest BCUT2D eigenvalue weighted by molar-refractivity contribution is 5.82. The molecule has 36 heavy (non-hydrogen) atoms. The van der Waals surface area contributed by atoms with Crippen LogP contribution in [0.1, 0.15) is 23.7 Å². The maximum atomic E-state index is 13.9. The quantitative estimate of drug-likeness (QED) is 0.327. The molecule has 2 aromatic carbocycles. The maximum absolute atomic E-state index is 13.9. The van der Waals surface area contributed by atoms with E-state index in [0.717, 1.165) is 0 Å². The van der Waals surface area contributed by atoms with Gasteiger partial charge in [0.2, 0.25) is 11.6 Å². The fraction of sp³-hybridized carbons (Fsp3) is 0.174. The molecule has 4 aromatic rings. The molecule has 0 bridgehead atoms. The number of amides is 1. The van der Waals surface area contributed by atoms with Crippen molar-refractivity contribution in [3.05, 3.63) is 65.7 Å². The van der Waals surface area contributed by atoms with Crippen molar-refractivity contribution in [3.63, 3.8) is 0 Å². The number of carbonyl (C=O) groups excluding carboxylic acids is 1. The number of hydrogen-bond acceptors (Lipinski definition) is 8. The fourth-order valence-corrected chi connectivity index (χ4v) is 3.28. The molecule has 0 unspecified atom stereocenters. The van der Waals surface area contributed by atoms with Crippen LogP contribution in [0.2, 0.25) is 0 Å². The summed E-state index contributed by atoms with van der Waals surface area (Å²) in [5.74, 6) is -3.22. The van der Waals surface area contributed by atoms with Crippen molar-refractivity contribution in [2.45, 2.75) is 18.7 Å². The van der Waals surface area contributed by atoms with Crippen LogP contribution in [0.25, 0.3) is 34.3 Å². The average Bonchev–Trinajstić information content (AvgIpc) is 3.51. The smallest absolute Gasteiger partial charge is 0.422 e. The Morgan fingerprint density at radius 2 is 1.67 bits per heavy atom. The molecule has 10 nitrogen and oxygen atoms in total. The number of halogens is 3. The number of alkyl halides is 3. The summed E-state index contributed by atoms with van der Waals surface area (Å²) in [6.07, 6.45) is -6.68. The number of nitrogens with one attached hydrogen (secondary N) is 1. The molecule has 1 amide bonds. The third-order valence-corrected chi connectivity index (χ3v) is 5.01. The molecule has 1 atom stereocenters. The first-order valence-electron chi connectivity index (χ1n) is 10.4. The topological polar surface area (TPSA) is 152 Å². The van der Waals surface area contributed by atoms with Crippen LogP contribution in [0.5, 0.6) is 0 Å². The second kappa shape index (κ2) is 10.00. The molecule has 2 aromatic heterocycles. The molecular weight excluding hydrogens is 485 g/mol. The zero-order valence-corrected chi connectivity index (χ0v) is 18.2. The van der Waals surface area contributed by atoms with E-state index in [4.69, 9.17) is 14.2 Å². The van der Waals surface area contributed by atoms with Gasteiger partial charge in [0, 0.05) is 17.7 Å².